The standard InChI is InChI=1S/C31H34N6O5/c1-17-6-7-26(18(2)11-17)42-16-20(38)14-33-23-8-9-32-29(39)27(23)28-34-24-12-21-22(13-25(24)35-28)31(41)37(30(21)40)19-5-4-10-36(3)15-19/h6-9,11-13,19-20,38H,4-5,10,14-16H2,1-3H3,(H,34,35)(H2,32,33,39). The molecule has 0 radical (unpaired) electrons. The summed E-state index contributed by atoms with van der Waals surface area (Å²) >= 11 is 0. The van der Waals surface area contributed by atoms with E-state index in [1.54, 1.807) is 18.2 Å². The SMILES string of the molecule is Cc1ccc(OCC(O)CNc2cc[nH]c(=O)c2-c2nc3cc4c(cc3[nH]2)C(=O)N(C2CCCN(C)C2)C4=O)c(C)c1. The molecule has 2 aliphatic rings. The molecule has 0 spiro atoms. The number of aliphatic hydroxyl groups is 1. The number of pyridine rings is 1. The van der Waals surface area contributed by atoms with Crippen LogP contribution in [0.5, 0.6) is 5.75 Å². The number of hydrogen-bond donors (Lipinski definition) is 4. The number of rotatable bonds is 8. The number of amides is 2. The van der Waals surface area contributed by atoms with Crippen LogP contribution in [0, 0.1) is 13.8 Å². The van der Waals surface area contributed by atoms with Crippen molar-refractivity contribution in [2.24, 2.45) is 0 Å². The highest BCUT2D eigenvalue weighted by molar-refractivity contribution is 6.23. The Morgan fingerprint density at radius 1 is 1.12 bits per heavy atom. The summed E-state index contributed by atoms with van der Waals surface area (Å²) in [4.78, 5) is 53.5. The summed E-state index contributed by atoms with van der Waals surface area (Å²) in [7, 11) is 1.99. The lowest BCUT2D eigenvalue weighted by Gasteiger charge is -2.34. The highest BCUT2D eigenvalue weighted by atomic mass is 16.5. The highest BCUT2D eigenvalue weighted by Crippen LogP contribution is 2.32. The number of aryl methyl sites for hydroxylation is 2. The molecule has 4 aromatic rings. The maximum atomic E-state index is 13.3. The van der Waals surface area contributed by atoms with Gasteiger partial charge >= 0.3 is 0 Å². The minimum Gasteiger partial charge on any atom is -0.491 e. The van der Waals surface area contributed by atoms with Crippen LogP contribution in [0.4, 0.5) is 5.69 Å². The molecular weight excluding hydrogens is 536 g/mol. The quantitative estimate of drug-likeness (QED) is 0.237. The van der Waals surface area contributed by atoms with Crippen LogP contribution in [0.25, 0.3) is 22.4 Å². The Morgan fingerprint density at radius 3 is 2.67 bits per heavy atom. The van der Waals surface area contributed by atoms with Crippen molar-refractivity contribution in [3.8, 4) is 17.1 Å². The average Bonchev–Trinajstić information content (AvgIpc) is 3.47. The first-order valence-electron chi connectivity index (χ1n) is 14.1. The van der Waals surface area contributed by atoms with E-state index in [9.17, 15) is 19.5 Å². The van der Waals surface area contributed by atoms with Crippen molar-refractivity contribution in [1.82, 2.24) is 24.8 Å². The number of hydrogen-bond acceptors (Lipinski definition) is 8. The fourth-order valence-electron chi connectivity index (χ4n) is 5.86. The summed E-state index contributed by atoms with van der Waals surface area (Å²) in [6.45, 7) is 5.77. The lowest BCUT2D eigenvalue weighted by Crippen LogP contribution is -2.49. The number of aliphatic hydroxyl groups excluding tert-OH is 1. The van der Waals surface area contributed by atoms with Gasteiger partial charge in [0.2, 0.25) is 0 Å². The Labute approximate surface area is 242 Å². The summed E-state index contributed by atoms with van der Waals surface area (Å²) in [5, 5.41) is 13.7. The van der Waals surface area contributed by atoms with Gasteiger partial charge in [0.25, 0.3) is 17.4 Å². The van der Waals surface area contributed by atoms with Crippen LogP contribution in [-0.4, -0.2) is 87.1 Å². The number of carbonyl (C=O) groups excluding carboxylic acids is 2. The van der Waals surface area contributed by atoms with Gasteiger partial charge in [0.15, 0.2) is 0 Å². The highest BCUT2D eigenvalue weighted by Gasteiger charge is 2.41. The number of aromatic amines is 2. The van der Waals surface area contributed by atoms with Gasteiger partial charge in [-0.05, 0) is 70.1 Å². The Balaban J connectivity index is 1.21. The van der Waals surface area contributed by atoms with Crippen molar-refractivity contribution in [1.29, 1.82) is 0 Å². The van der Waals surface area contributed by atoms with E-state index in [0.717, 1.165) is 30.5 Å². The van der Waals surface area contributed by atoms with Crippen molar-refractivity contribution >= 4 is 28.5 Å². The first-order chi connectivity index (χ1) is 20.2. The van der Waals surface area contributed by atoms with Crippen molar-refractivity contribution in [2.75, 3.05) is 38.6 Å². The van der Waals surface area contributed by atoms with E-state index >= 15 is 0 Å². The number of likely N-dealkylation sites (tertiary alicyclic amines) is 1. The third-order valence-electron chi connectivity index (χ3n) is 7.97. The zero-order chi connectivity index (χ0) is 29.5. The van der Waals surface area contributed by atoms with Gasteiger partial charge in [-0.1, -0.05) is 17.7 Å². The molecule has 2 atom stereocenters. The number of H-pyrrole nitrogens is 2. The van der Waals surface area contributed by atoms with E-state index in [1.165, 1.54) is 11.1 Å². The molecule has 4 N–H and O–H groups in total. The molecule has 11 heteroatoms. The van der Waals surface area contributed by atoms with Crippen molar-refractivity contribution in [2.45, 2.75) is 38.8 Å². The summed E-state index contributed by atoms with van der Waals surface area (Å²) in [6, 6.07) is 10.6. The number of benzene rings is 2. The molecule has 1 fully saturated rings. The zero-order valence-corrected chi connectivity index (χ0v) is 23.9. The number of imide groups is 1. The number of nitrogens with zero attached hydrogens (tertiary/aromatic N) is 3. The third-order valence-corrected chi connectivity index (χ3v) is 7.97. The second-order valence-corrected chi connectivity index (χ2v) is 11.2. The average molecular weight is 571 g/mol. The number of carbonyl (C=O) groups is 2. The molecule has 4 heterocycles. The molecule has 11 nitrogen and oxygen atoms in total. The molecule has 2 aromatic heterocycles. The summed E-state index contributed by atoms with van der Waals surface area (Å²) < 4.78 is 5.79. The van der Waals surface area contributed by atoms with Gasteiger partial charge in [0.1, 0.15) is 29.8 Å². The number of piperidine rings is 1. The molecule has 42 heavy (non-hydrogen) atoms. The van der Waals surface area contributed by atoms with E-state index in [4.69, 9.17) is 4.74 Å². The summed E-state index contributed by atoms with van der Waals surface area (Å²) in [6.07, 6.45) is 2.38. The van der Waals surface area contributed by atoms with E-state index in [0.29, 0.717) is 40.1 Å². The Kier molecular flexibility index (Phi) is 7.29. The molecule has 2 aliphatic heterocycles. The maximum absolute atomic E-state index is 13.3. The Bertz CT molecular complexity index is 1690. The first kappa shape index (κ1) is 27.7. The summed E-state index contributed by atoms with van der Waals surface area (Å²) in [5.74, 6) is 0.380. The molecule has 2 amide bonds. The lowest BCUT2D eigenvalue weighted by atomic mass is 10.0. The van der Waals surface area contributed by atoms with Gasteiger partial charge in [-0.2, -0.15) is 0 Å². The second-order valence-electron chi connectivity index (χ2n) is 11.2. The fraction of sp³-hybridized carbons (Fsp3) is 0.355. The van der Waals surface area contributed by atoms with Crippen molar-refractivity contribution in [3.05, 3.63) is 75.2 Å². The third kappa shape index (κ3) is 5.17. The minimum atomic E-state index is -0.847. The molecule has 6 rings (SSSR count). The Morgan fingerprint density at radius 2 is 1.90 bits per heavy atom. The number of fused-ring (bicyclic) bond motifs is 2. The molecular formula is C31H34N6O5. The van der Waals surface area contributed by atoms with Crippen LogP contribution >= 0.6 is 0 Å². The monoisotopic (exact) mass is 570 g/mol. The van der Waals surface area contributed by atoms with Gasteiger partial charge in [-0.25, -0.2) is 4.98 Å². The lowest BCUT2D eigenvalue weighted by molar-refractivity contribution is 0.0503. The number of imidazole rings is 1. The van der Waals surface area contributed by atoms with Crippen LogP contribution in [0.15, 0.2) is 47.4 Å². The number of aromatic nitrogens is 3. The number of anilines is 1. The molecule has 0 bridgehead atoms. The van der Waals surface area contributed by atoms with E-state index in [1.807, 2.05) is 39.1 Å². The zero-order valence-electron chi connectivity index (χ0n) is 23.9. The number of likely N-dealkylation sites (N-methyl/N-ethyl adjacent to an activating group) is 1. The van der Waals surface area contributed by atoms with Crippen LogP contribution in [0.2, 0.25) is 0 Å². The molecule has 2 aromatic carbocycles. The minimum absolute atomic E-state index is 0.0713. The predicted molar refractivity (Wildman–Crippen MR) is 159 cm³/mol. The Hall–Kier alpha value is -4.48. The van der Waals surface area contributed by atoms with Crippen LogP contribution in [0.1, 0.15) is 44.7 Å². The van der Waals surface area contributed by atoms with Crippen LogP contribution < -0.4 is 15.6 Å². The normalized spacial score (nSPS) is 18.0. The van der Waals surface area contributed by atoms with Crippen molar-refractivity contribution in [3.63, 3.8) is 0 Å². The molecule has 2 unspecified atom stereocenters. The van der Waals surface area contributed by atoms with Gasteiger partial charge in [0, 0.05) is 19.3 Å². The van der Waals surface area contributed by atoms with Crippen LogP contribution in [-0.2, 0) is 0 Å². The second kappa shape index (κ2) is 11.1. The van der Waals surface area contributed by atoms with Crippen LogP contribution in [0.3, 0.4) is 0 Å². The summed E-state index contributed by atoms with van der Waals surface area (Å²) in [5.41, 5.74) is 4.14. The smallest absolute Gasteiger partial charge is 0.261 e. The molecule has 218 valence electrons. The maximum Gasteiger partial charge on any atom is 0.261 e. The topological polar surface area (TPSA) is 144 Å². The molecule has 0 saturated carbocycles. The van der Waals surface area contributed by atoms with Gasteiger partial charge in [-0.15, -0.1) is 0 Å². The molecule has 0 aliphatic carbocycles. The largest absolute Gasteiger partial charge is 0.491 e. The fourth-order valence-corrected chi connectivity index (χ4v) is 5.86. The van der Waals surface area contributed by atoms with Gasteiger partial charge in [-0.3, -0.25) is 19.3 Å². The van der Waals surface area contributed by atoms with Gasteiger partial charge in [0.05, 0.1) is 33.9 Å². The van der Waals surface area contributed by atoms with E-state index < -0.39 is 6.10 Å². The van der Waals surface area contributed by atoms with E-state index in [-0.39, 0.29) is 48.0 Å². The van der Waals surface area contributed by atoms with Crippen molar-refractivity contribution < 1.29 is 19.4 Å². The molecule has 1 saturated heterocycles. The number of nitrogens with one attached hydrogen (secondary N) is 3. The van der Waals surface area contributed by atoms with E-state index in [2.05, 4.69) is 25.2 Å². The first-order valence-corrected chi connectivity index (χ1v) is 14.1. The number of ether oxygens (including phenoxy) is 1. The van der Waals surface area contributed by atoms with Gasteiger partial charge < -0.3 is 30.0 Å². The predicted octanol–water partition coefficient (Wildman–Crippen LogP) is 3.08.